The summed E-state index contributed by atoms with van der Waals surface area (Å²) in [5.74, 6) is -3.27. The molecule has 2 N–H and O–H groups in total. The van der Waals surface area contributed by atoms with Gasteiger partial charge >= 0.3 is 6.18 Å². The number of phenolic OH excluding ortho intramolecular Hbond substituents is 2. The molecule has 4 aromatic rings. The lowest BCUT2D eigenvalue weighted by molar-refractivity contribution is -0.152. The Kier molecular flexibility index (Phi) is 4.50. The summed E-state index contributed by atoms with van der Waals surface area (Å²) >= 11 is 6.09. The van der Waals surface area contributed by atoms with Crippen LogP contribution in [0.3, 0.4) is 0 Å². The van der Waals surface area contributed by atoms with Crippen molar-refractivity contribution < 1.29 is 27.8 Å². The molecule has 0 spiro atoms. The van der Waals surface area contributed by atoms with Gasteiger partial charge in [-0.1, -0.05) is 17.7 Å². The SMILES string of the molecule is Cc1ccc(-n2cc(-c3c(C(F)(F)F)oc4c(O)c(O)ccc4c3=O)cn2)cc1Cl. The summed E-state index contributed by atoms with van der Waals surface area (Å²) < 4.78 is 47.2. The lowest BCUT2D eigenvalue weighted by atomic mass is 10.0. The zero-order valence-electron chi connectivity index (χ0n) is 15.2. The maximum Gasteiger partial charge on any atom is 0.450 e. The molecule has 2 aromatic heterocycles. The van der Waals surface area contributed by atoms with Gasteiger partial charge in [-0.25, -0.2) is 4.68 Å². The van der Waals surface area contributed by atoms with Crippen LogP contribution in [0.1, 0.15) is 11.3 Å². The third-order valence-corrected chi connectivity index (χ3v) is 4.97. The quantitative estimate of drug-likeness (QED) is 0.430. The van der Waals surface area contributed by atoms with Gasteiger partial charge in [-0.15, -0.1) is 0 Å². The second-order valence-corrected chi connectivity index (χ2v) is 6.96. The van der Waals surface area contributed by atoms with Crippen molar-refractivity contribution in [1.29, 1.82) is 0 Å². The highest BCUT2D eigenvalue weighted by molar-refractivity contribution is 6.31. The normalized spacial score (nSPS) is 11.9. The number of benzene rings is 2. The van der Waals surface area contributed by atoms with Gasteiger partial charge < -0.3 is 14.6 Å². The molecule has 4 rings (SSSR count). The van der Waals surface area contributed by atoms with E-state index in [1.54, 1.807) is 25.1 Å². The number of hydrogen-bond acceptors (Lipinski definition) is 5. The maximum atomic E-state index is 13.7. The predicted octanol–water partition coefficient (Wildman–Crippen LogP) is 5.04. The molecule has 0 saturated heterocycles. The van der Waals surface area contributed by atoms with Crippen molar-refractivity contribution in [3.8, 4) is 28.3 Å². The fourth-order valence-electron chi connectivity index (χ4n) is 3.01. The van der Waals surface area contributed by atoms with Crippen LogP contribution < -0.4 is 5.43 Å². The molecule has 0 aliphatic rings. The smallest absolute Gasteiger partial charge is 0.450 e. The number of halogens is 4. The molecular weight excluding hydrogens is 425 g/mol. The lowest BCUT2D eigenvalue weighted by Crippen LogP contribution is -2.15. The Morgan fingerprint density at radius 1 is 1.17 bits per heavy atom. The molecule has 0 unspecified atom stereocenters. The number of hydrogen-bond donors (Lipinski definition) is 2. The minimum Gasteiger partial charge on any atom is -0.504 e. The van der Waals surface area contributed by atoms with Crippen LogP contribution in [-0.2, 0) is 6.18 Å². The van der Waals surface area contributed by atoms with E-state index < -0.39 is 40.0 Å². The summed E-state index contributed by atoms with van der Waals surface area (Å²) in [6.07, 6.45) is -2.70. The van der Waals surface area contributed by atoms with Gasteiger partial charge in [0.1, 0.15) is 0 Å². The van der Waals surface area contributed by atoms with Gasteiger partial charge in [-0.2, -0.15) is 18.3 Å². The molecule has 2 aromatic carbocycles. The van der Waals surface area contributed by atoms with Crippen LogP contribution in [0.2, 0.25) is 5.02 Å². The fraction of sp³-hybridized carbons (Fsp3) is 0.100. The second kappa shape index (κ2) is 6.81. The van der Waals surface area contributed by atoms with Gasteiger partial charge in [0.15, 0.2) is 11.3 Å². The minimum absolute atomic E-state index is 0.137. The van der Waals surface area contributed by atoms with Crippen LogP contribution in [0.25, 0.3) is 27.8 Å². The largest absolute Gasteiger partial charge is 0.504 e. The minimum atomic E-state index is -5.05. The summed E-state index contributed by atoms with van der Waals surface area (Å²) in [7, 11) is 0. The number of rotatable bonds is 2. The highest BCUT2D eigenvalue weighted by atomic mass is 35.5. The summed E-state index contributed by atoms with van der Waals surface area (Å²) in [4.78, 5) is 12.9. The van der Waals surface area contributed by atoms with Crippen molar-refractivity contribution in [1.82, 2.24) is 9.78 Å². The summed E-state index contributed by atoms with van der Waals surface area (Å²) in [5.41, 5.74) is -1.38. The van der Waals surface area contributed by atoms with E-state index in [1.165, 1.54) is 10.9 Å². The van der Waals surface area contributed by atoms with Crippen LogP contribution >= 0.6 is 11.6 Å². The average molecular weight is 437 g/mol. The van der Waals surface area contributed by atoms with Crippen molar-refractivity contribution in [3.63, 3.8) is 0 Å². The molecule has 0 atom stereocenters. The van der Waals surface area contributed by atoms with Gasteiger partial charge in [0, 0.05) is 16.8 Å². The lowest BCUT2D eigenvalue weighted by Gasteiger charge is -2.12. The number of phenols is 2. The Bertz CT molecular complexity index is 1360. The number of aromatic nitrogens is 2. The molecule has 2 heterocycles. The Hall–Kier alpha value is -3.46. The summed E-state index contributed by atoms with van der Waals surface area (Å²) in [6, 6.07) is 7.04. The third kappa shape index (κ3) is 3.17. The first-order chi connectivity index (χ1) is 14.1. The van der Waals surface area contributed by atoms with Gasteiger partial charge in [0.2, 0.25) is 16.9 Å². The van der Waals surface area contributed by atoms with Gasteiger partial charge in [0.05, 0.1) is 22.8 Å². The number of aromatic hydroxyl groups is 2. The molecule has 0 aliphatic heterocycles. The topological polar surface area (TPSA) is 88.5 Å². The zero-order chi connectivity index (χ0) is 21.8. The molecule has 0 radical (unpaired) electrons. The Balaban J connectivity index is 1.98. The first-order valence-electron chi connectivity index (χ1n) is 8.48. The van der Waals surface area contributed by atoms with Crippen molar-refractivity contribution in [2.75, 3.05) is 0 Å². The molecule has 0 bridgehead atoms. The van der Waals surface area contributed by atoms with E-state index >= 15 is 0 Å². The van der Waals surface area contributed by atoms with Crippen LogP contribution in [0.5, 0.6) is 11.5 Å². The Morgan fingerprint density at radius 3 is 2.57 bits per heavy atom. The second-order valence-electron chi connectivity index (χ2n) is 6.55. The average Bonchev–Trinajstić information content (AvgIpc) is 3.16. The number of nitrogens with zero attached hydrogens (tertiary/aromatic N) is 2. The standard InChI is InChI=1S/C20H12ClF3N2O4/c1-9-2-3-11(6-13(9)21)26-8-10(7-25-26)15-16(28)12-4-5-14(27)17(29)18(12)30-19(15)20(22,23)24/h2-8,27,29H,1H3. The molecule has 0 aliphatic carbocycles. The number of aryl methyl sites for hydroxylation is 1. The van der Waals surface area contributed by atoms with Gasteiger partial charge in [0.25, 0.3) is 0 Å². The molecule has 0 amide bonds. The van der Waals surface area contributed by atoms with E-state index in [1.807, 2.05) is 0 Å². The summed E-state index contributed by atoms with van der Waals surface area (Å²) in [6.45, 7) is 1.80. The molecule has 154 valence electrons. The maximum absolute atomic E-state index is 13.7. The predicted molar refractivity (Wildman–Crippen MR) is 103 cm³/mol. The Morgan fingerprint density at radius 2 is 1.90 bits per heavy atom. The molecule has 30 heavy (non-hydrogen) atoms. The molecule has 0 saturated carbocycles. The van der Waals surface area contributed by atoms with E-state index in [2.05, 4.69) is 5.10 Å². The monoisotopic (exact) mass is 436 g/mol. The highest BCUT2D eigenvalue weighted by Crippen LogP contribution is 2.41. The van der Waals surface area contributed by atoms with Crippen LogP contribution in [0.4, 0.5) is 13.2 Å². The van der Waals surface area contributed by atoms with Gasteiger partial charge in [-0.3, -0.25) is 4.79 Å². The fourth-order valence-corrected chi connectivity index (χ4v) is 3.19. The zero-order valence-corrected chi connectivity index (χ0v) is 15.9. The van der Waals surface area contributed by atoms with E-state index in [4.69, 9.17) is 16.0 Å². The van der Waals surface area contributed by atoms with E-state index in [-0.39, 0.29) is 10.9 Å². The number of alkyl halides is 3. The molecule has 0 fully saturated rings. The first-order valence-corrected chi connectivity index (χ1v) is 8.86. The first kappa shape index (κ1) is 19.8. The number of fused-ring (bicyclic) bond motifs is 1. The van der Waals surface area contributed by atoms with Crippen molar-refractivity contribution in [2.45, 2.75) is 13.1 Å². The van der Waals surface area contributed by atoms with Crippen LogP contribution in [0.15, 0.2) is 51.9 Å². The van der Waals surface area contributed by atoms with Gasteiger partial charge in [-0.05, 0) is 36.8 Å². The van der Waals surface area contributed by atoms with Crippen molar-refractivity contribution in [2.24, 2.45) is 0 Å². The Labute approximate surface area is 171 Å². The van der Waals surface area contributed by atoms with E-state index in [9.17, 15) is 28.2 Å². The van der Waals surface area contributed by atoms with Crippen molar-refractivity contribution >= 4 is 22.6 Å². The summed E-state index contributed by atoms with van der Waals surface area (Å²) in [5, 5.41) is 23.6. The van der Waals surface area contributed by atoms with E-state index in [0.717, 1.165) is 23.9 Å². The third-order valence-electron chi connectivity index (χ3n) is 4.56. The van der Waals surface area contributed by atoms with Crippen LogP contribution in [-0.4, -0.2) is 20.0 Å². The van der Waals surface area contributed by atoms with Crippen molar-refractivity contribution in [3.05, 3.63) is 69.3 Å². The molecular formula is C20H12ClF3N2O4. The molecule has 10 heteroatoms. The molecule has 6 nitrogen and oxygen atoms in total. The van der Waals surface area contributed by atoms with Crippen LogP contribution in [0, 0.1) is 6.92 Å². The highest BCUT2D eigenvalue weighted by Gasteiger charge is 2.40. The van der Waals surface area contributed by atoms with E-state index in [0.29, 0.717) is 10.7 Å².